The van der Waals surface area contributed by atoms with Crippen LogP contribution >= 0.6 is 11.6 Å². The number of H-pyrrole nitrogens is 1. The van der Waals surface area contributed by atoms with Gasteiger partial charge in [0.1, 0.15) is 11.8 Å². The predicted molar refractivity (Wildman–Crippen MR) is 148 cm³/mol. The number of carbonyl (C=O) groups excluding carboxylic acids is 1. The van der Waals surface area contributed by atoms with E-state index >= 15 is 0 Å². The number of aromatic amines is 1. The quantitative estimate of drug-likeness (QED) is 0.316. The van der Waals surface area contributed by atoms with Gasteiger partial charge in [-0.05, 0) is 73.1 Å². The van der Waals surface area contributed by atoms with Crippen LogP contribution in [0.25, 0.3) is 10.9 Å². The van der Waals surface area contributed by atoms with Crippen molar-refractivity contribution < 1.29 is 24.5 Å². The molecule has 1 aromatic heterocycles. The molecule has 204 valence electrons. The third-order valence-electron chi connectivity index (χ3n) is 8.40. The molecule has 3 aromatic rings. The number of ether oxygens (including phenoxy) is 2. The van der Waals surface area contributed by atoms with E-state index in [0.717, 1.165) is 35.0 Å². The molecule has 5 rings (SSSR count). The zero-order chi connectivity index (χ0) is 26.7. The second-order valence-electron chi connectivity index (χ2n) is 10.8. The molecule has 38 heavy (non-hydrogen) atoms. The Morgan fingerprint density at radius 3 is 2.55 bits per heavy atom. The average Bonchev–Trinajstić information content (AvgIpc) is 3.60. The van der Waals surface area contributed by atoms with Crippen molar-refractivity contribution >= 4 is 28.6 Å². The number of aliphatic hydroxyl groups excluding tert-OH is 2. The molecule has 1 saturated carbocycles. The van der Waals surface area contributed by atoms with Gasteiger partial charge in [0.05, 0.1) is 31.8 Å². The Morgan fingerprint density at radius 1 is 1.13 bits per heavy atom. The van der Waals surface area contributed by atoms with Gasteiger partial charge < -0.3 is 24.7 Å². The number of hydrogen-bond acceptors (Lipinski definition) is 5. The molecule has 0 spiro atoms. The number of carbonyl (C=O) groups is 1. The van der Waals surface area contributed by atoms with Crippen molar-refractivity contribution in [2.45, 2.75) is 51.5 Å². The van der Waals surface area contributed by atoms with Crippen molar-refractivity contribution in [3.05, 3.63) is 64.3 Å². The van der Waals surface area contributed by atoms with Crippen molar-refractivity contribution in [1.82, 2.24) is 9.88 Å². The number of fused-ring (bicyclic) bond motifs is 3. The minimum atomic E-state index is -0.678. The number of halogens is 1. The van der Waals surface area contributed by atoms with Crippen molar-refractivity contribution in [3.63, 3.8) is 0 Å². The fourth-order valence-electron chi connectivity index (χ4n) is 5.70. The molecule has 1 fully saturated rings. The second kappa shape index (κ2) is 11.6. The number of amides is 1. The van der Waals surface area contributed by atoms with Crippen LogP contribution in [-0.4, -0.2) is 59.2 Å². The Hall–Kier alpha value is -2.74. The molecule has 0 radical (unpaired) electrons. The van der Waals surface area contributed by atoms with E-state index in [-0.39, 0.29) is 32.0 Å². The smallest absolute Gasteiger partial charge is 0.410 e. The molecule has 8 heteroatoms. The zero-order valence-electron chi connectivity index (χ0n) is 21.9. The van der Waals surface area contributed by atoms with Crippen LogP contribution in [-0.2, 0) is 11.2 Å². The van der Waals surface area contributed by atoms with Gasteiger partial charge in [-0.25, -0.2) is 4.79 Å². The summed E-state index contributed by atoms with van der Waals surface area (Å²) in [6.45, 7) is 2.86. The topological polar surface area (TPSA) is 95.0 Å². The molecule has 1 aliphatic heterocycles. The van der Waals surface area contributed by atoms with Crippen molar-refractivity contribution in [1.29, 1.82) is 0 Å². The maximum atomic E-state index is 13.4. The van der Waals surface area contributed by atoms with Gasteiger partial charge in [-0.3, -0.25) is 4.90 Å². The fourth-order valence-corrected chi connectivity index (χ4v) is 5.87. The molecule has 1 amide bonds. The van der Waals surface area contributed by atoms with Crippen LogP contribution in [0.2, 0.25) is 5.02 Å². The van der Waals surface area contributed by atoms with E-state index < -0.39 is 5.41 Å². The highest BCUT2D eigenvalue weighted by molar-refractivity contribution is 6.31. The number of aromatic nitrogens is 1. The summed E-state index contributed by atoms with van der Waals surface area (Å²) in [5.74, 6) is 1.10. The normalized spacial score (nSPS) is 18.1. The van der Waals surface area contributed by atoms with Gasteiger partial charge >= 0.3 is 6.09 Å². The predicted octanol–water partition coefficient (Wildman–Crippen LogP) is 5.86. The lowest BCUT2D eigenvalue weighted by molar-refractivity contribution is 0.0114. The Balaban J connectivity index is 1.42. The minimum Gasteiger partial charge on any atom is -0.493 e. The lowest BCUT2D eigenvalue weighted by Gasteiger charge is -2.35. The first-order valence-corrected chi connectivity index (χ1v) is 14.0. The highest BCUT2D eigenvalue weighted by atomic mass is 35.5. The van der Waals surface area contributed by atoms with E-state index in [0.29, 0.717) is 42.7 Å². The Morgan fingerprint density at radius 2 is 1.87 bits per heavy atom. The molecule has 1 atom stereocenters. The Kier molecular flexibility index (Phi) is 8.17. The molecule has 1 aliphatic carbocycles. The van der Waals surface area contributed by atoms with E-state index in [1.54, 1.807) is 0 Å². The molecule has 0 bridgehead atoms. The molecule has 2 heterocycles. The van der Waals surface area contributed by atoms with Gasteiger partial charge in [0.2, 0.25) is 0 Å². The third kappa shape index (κ3) is 5.37. The first-order chi connectivity index (χ1) is 18.5. The molecule has 3 N–H and O–H groups in total. The Bertz CT molecular complexity index is 1240. The molecule has 2 aliphatic rings. The minimum absolute atomic E-state index is 0.148. The first-order valence-electron chi connectivity index (χ1n) is 13.6. The van der Waals surface area contributed by atoms with Crippen molar-refractivity contribution in [2.75, 3.05) is 33.0 Å². The van der Waals surface area contributed by atoms with Gasteiger partial charge in [0, 0.05) is 28.2 Å². The maximum Gasteiger partial charge on any atom is 0.410 e. The summed E-state index contributed by atoms with van der Waals surface area (Å²) in [5, 5.41) is 21.2. The van der Waals surface area contributed by atoms with Crippen LogP contribution in [0.1, 0.15) is 61.9 Å². The van der Waals surface area contributed by atoms with Crippen LogP contribution in [0.4, 0.5) is 4.79 Å². The van der Waals surface area contributed by atoms with Crippen LogP contribution in [0.3, 0.4) is 0 Å². The molecular weight excluding hydrogens is 504 g/mol. The first kappa shape index (κ1) is 26.9. The van der Waals surface area contributed by atoms with E-state index in [4.69, 9.17) is 21.1 Å². The third-order valence-corrected chi connectivity index (χ3v) is 8.64. The lowest BCUT2D eigenvalue weighted by Crippen LogP contribution is -2.41. The van der Waals surface area contributed by atoms with Crippen LogP contribution in [0.5, 0.6) is 5.75 Å². The highest BCUT2D eigenvalue weighted by Crippen LogP contribution is 2.40. The van der Waals surface area contributed by atoms with E-state index in [2.05, 4.69) is 4.98 Å². The summed E-state index contributed by atoms with van der Waals surface area (Å²) in [6.07, 6.45) is 5.69. The summed E-state index contributed by atoms with van der Waals surface area (Å²) in [6, 6.07) is 13.2. The highest BCUT2D eigenvalue weighted by Gasteiger charge is 2.36. The number of aliphatic hydroxyl groups is 2. The van der Waals surface area contributed by atoms with Gasteiger partial charge in [-0.2, -0.15) is 0 Å². The van der Waals surface area contributed by atoms with Gasteiger partial charge in [-0.15, -0.1) is 0 Å². The maximum absolute atomic E-state index is 13.4. The summed E-state index contributed by atoms with van der Waals surface area (Å²) in [5.41, 5.74) is 3.41. The summed E-state index contributed by atoms with van der Waals surface area (Å²) >= 11 is 6.32. The molecular formula is C30H37ClN2O5. The van der Waals surface area contributed by atoms with Crippen molar-refractivity contribution in [3.8, 4) is 5.75 Å². The monoisotopic (exact) mass is 540 g/mol. The standard InChI is InChI=1S/C30H37ClN2O5/c1-2-30(17-34,18-35)19-38-23-10-7-21(8-11-23)28-27-24(25-15-22(31)9-12-26(25)32-27)13-14-33(28)29(36)37-16-20-5-3-4-6-20/h7-12,15,20,28,32,34-35H,2-6,13-14,16-19H2,1H3. The number of benzene rings is 2. The number of rotatable bonds is 9. The Labute approximate surface area is 228 Å². The van der Waals surface area contributed by atoms with Gasteiger partial charge in [0.15, 0.2) is 0 Å². The lowest BCUT2D eigenvalue weighted by atomic mass is 9.88. The van der Waals surface area contributed by atoms with Crippen LogP contribution < -0.4 is 4.74 Å². The zero-order valence-corrected chi connectivity index (χ0v) is 22.7. The molecule has 1 unspecified atom stereocenters. The van der Waals surface area contributed by atoms with Gasteiger partial charge in [0.25, 0.3) is 0 Å². The molecule has 0 saturated heterocycles. The molecule has 2 aromatic carbocycles. The molecule has 7 nitrogen and oxygen atoms in total. The summed E-state index contributed by atoms with van der Waals surface area (Å²) < 4.78 is 11.8. The largest absolute Gasteiger partial charge is 0.493 e. The number of hydrogen-bond donors (Lipinski definition) is 3. The van der Waals surface area contributed by atoms with E-state index in [9.17, 15) is 15.0 Å². The van der Waals surface area contributed by atoms with Crippen LogP contribution in [0.15, 0.2) is 42.5 Å². The van der Waals surface area contributed by atoms with Crippen molar-refractivity contribution in [2.24, 2.45) is 11.3 Å². The summed E-state index contributed by atoms with van der Waals surface area (Å²) in [7, 11) is 0. The number of nitrogens with one attached hydrogen (secondary N) is 1. The average molecular weight is 541 g/mol. The van der Waals surface area contributed by atoms with E-state index in [1.807, 2.05) is 54.3 Å². The second-order valence-corrected chi connectivity index (χ2v) is 11.2. The van der Waals surface area contributed by atoms with Gasteiger partial charge in [-0.1, -0.05) is 43.5 Å². The summed E-state index contributed by atoms with van der Waals surface area (Å²) in [4.78, 5) is 18.8. The fraction of sp³-hybridized carbons (Fsp3) is 0.500. The SMILES string of the molecule is CCC(CO)(CO)COc1ccc(C2c3[nH]c4ccc(Cl)cc4c3CCN2C(=O)OCC2CCCC2)cc1. The number of nitrogens with zero attached hydrogens (tertiary/aromatic N) is 1. The van der Waals surface area contributed by atoms with Crippen LogP contribution in [0, 0.1) is 11.3 Å². The van der Waals surface area contributed by atoms with E-state index in [1.165, 1.54) is 18.4 Å².